The Bertz CT molecular complexity index is 238. The number of aliphatic imine (C=N–C) groups is 1. The number of nitrogens with two attached hydrogens (primary N) is 1. The molecule has 0 atom stereocenters. The van der Waals surface area contributed by atoms with Crippen molar-refractivity contribution in [3.05, 3.63) is 18.5 Å². The third kappa shape index (κ3) is 2.61. The summed E-state index contributed by atoms with van der Waals surface area (Å²) in [7, 11) is 1.65. The highest BCUT2D eigenvalue weighted by Crippen LogP contribution is 1.81. The van der Waals surface area contributed by atoms with Gasteiger partial charge in [-0.15, -0.1) is 0 Å². The summed E-state index contributed by atoms with van der Waals surface area (Å²) in [5, 5.41) is 6.97. The van der Waals surface area contributed by atoms with Crippen molar-refractivity contribution in [1.29, 1.82) is 0 Å². The second-order valence-corrected chi connectivity index (χ2v) is 2.30. The molecule has 0 aliphatic heterocycles. The van der Waals surface area contributed by atoms with E-state index < -0.39 is 0 Å². The molecule has 0 radical (unpaired) electrons. The monoisotopic (exact) mass is 167 g/mol. The molecular formula is C7H13N5. The summed E-state index contributed by atoms with van der Waals surface area (Å²) in [5.41, 5.74) is 5.42. The fourth-order valence-corrected chi connectivity index (χ4v) is 0.810. The molecule has 0 aliphatic rings. The van der Waals surface area contributed by atoms with Crippen molar-refractivity contribution in [1.82, 2.24) is 15.1 Å². The molecular weight excluding hydrogens is 154 g/mol. The van der Waals surface area contributed by atoms with Gasteiger partial charge < -0.3 is 11.1 Å². The van der Waals surface area contributed by atoms with E-state index in [0.29, 0.717) is 5.96 Å². The lowest BCUT2D eigenvalue weighted by molar-refractivity contribution is 0.602. The number of guanidine groups is 1. The van der Waals surface area contributed by atoms with Crippen molar-refractivity contribution in [2.75, 3.05) is 13.6 Å². The SMILES string of the molecule is CN=C(N)NCCn1cccn1. The van der Waals surface area contributed by atoms with Crippen molar-refractivity contribution in [2.24, 2.45) is 10.7 Å². The van der Waals surface area contributed by atoms with Crippen LogP contribution in [0.4, 0.5) is 0 Å². The Morgan fingerprint density at radius 2 is 2.58 bits per heavy atom. The molecule has 0 spiro atoms. The third-order valence-corrected chi connectivity index (χ3v) is 1.45. The molecule has 0 bridgehead atoms. The van der Waals surface area contributed by atoms with E-state index in [9.17, 15) is 0 Å². The van der Waals surface area contributed by atoms with Crippen LogP contribution >= 0.6 is 0 Å². The van der Waals surface area contributed by atoms with E-state index >= 15 is 0 Å². The normalized spacial score (nSPS) is 11.6. The van der Waals surface area contributed by atoms with Crippen molar-refractivity contribution in [3.8, 4) is 0 Å². The van der Waals surface area contributed by atoms with E-state index in [4.69, 9.17) is 5.73 Å². The maximum Gasteiger partial charge on any atom is 0.188 e. The molecule has 1 aromatic heterocycles. The molecule has 5 heteroatoms. The Balaban J connectivity index is 2.19. The zero-order chi connectivity index (χ0) is 8.81. The number of nitrogens with one attached hydrogen (secondary N) is 1. The molecule has 0 amide bonds. The second kappa shape index (κ2) is 4.38. The largest absolute Gasteiger partial charge is 0.370 e. The van der Waals surface area contributed by atoms with Gasteiger partial charge in [0.1, 0.15) is 0 Å². The average molecular weight is 167 g/mol. The second-order valence-electron chi connectivity index (χ2n) is 2.30. The molecule has 0 saturated heterocycles. The smallest absolute Gasteiger partial charge is 0.188 e. The molecule has 0 unspecified atom stereocenters. The predicted octanol–water partition coefficient (Wildman–Crippen LogP) is -0.583. The third-order valence-electron chi connectivity index (χ3n) is 1.45. The summed E-state index contributed by atoms with van der Waals surface area (Å²) in [5.74, 6) is 0.460. The van der Waals surface area contributed by atoms with E-state index in [0.717, 1.165) is 13.1 Å². The Hall–Kier alpha value is -1.52. The molecule has 12 heavy (non-hydrogen) atoms. The van der Waals surface area contributed by atoms with Crippen LogP contribution in [0.2, 0.25) is 0 Å². The van der Waals surface area contributed by atoms with E-state index in [1.165, 1.54) is 0 Å². The predicted molar refractivity (Wildman–Crippen MR) is 47.8 cm³/mol. The summed E-state index contributed by atoms with van der Waals surface area (Å²) in [4.78, 5) is 3.76. The van der Waals surface area contributed by atoms with Gasteiger partial charge >= 0.3 is 0 Å². The average Bonchev–Trinajstić information content (AvgIpc) is 2.57. The van der Waals surface area contributed by atoms with Crippen molar-refractivity contribution in [3.63, 3.8) is 0 Å². The van der Waals surface area contributed by atoms with Crippen LogP contribution in [0.25, 0.3) is 0 Å². The van der Waals surface area contributed by atoms with Gasteiger partial charge in [0.25, 0.3) is 0 Å². The molecule has 1 heterocycles. The summed E-state index contributed by atoms with van der Waals surface area (Å²) in [6.07, 6.45) is 3.65. The fraction of sp³-hybridized carbons (Fsp3) is 0.429. The van der Waals surface area contributed by atoms with Crippen LogP contribution in [-0.2, 0) is 6.54 Å². The van der Waals surface area contributed by atoms with Gasteiger partial charge in [0.15, 0.2) is 5.96 Å². The Morgan fingerprint density at radius 1 is 1.75 bits per heavy atom. The Kier molecular flexibility index (Phi) is 3.13. The lowest BCUT2D eigenvalue weighted by atomic mass is 10.6. The first-order valence-corrected chi connectivity index (χ1v) is 3.76. The fourth-order valence-electron chi connectivity index (χ4n) is 0.810. The van der Waals surface area contributed by atoms with Gasteiger partial charge in [0.05, 0.1) is 6.54 Å². The van der Waals surface area contributed by atoms with Crippen LogP contribution in [-0.4, -0.2) is 29.3 Å². The summed E-state index contributed by atoms with van der Waals surface area (Å²) < 4.78 is 1.83. The Morgan fingerprint density at radius 3 is 3.17 bits per heavy atom. The number of aromatic nitrogens is 2. The highest BCUT2D eigenvalue weighted by atomic mass is 15.3. The molecule has 0 saturated carbocycles. The zero-order valence-corrected chi connectivity index (χ0v) is 7.07. The number of nitrogens with zero attached hydrogens (tertiary/aromatic N) is 3. The van der Waals surface area contributed by atoms with Crippen molar-refractivity contribution < 1.29 is 0 Å². The van der Waals surface area contributed by atoms with Crippen molar-refractivity contribution >= 4 is 5.96 Å². The minimum absolute atomic E-state index is 0.460. The van der Waals surface area contributed by atoms with Crippen LogP contribution in [0.15, 0.2) is 23.5 Å². The Labute approximate surface area is 71.3 Å². The zero-order valence-electron chi connectivity index (χ0n) is 7.07. The van der Waals surface area contributed by atoms with E-state index in [-0.39, 0.29) is 0 Å². The quantitative estimate of drug-likeness (QED) is 0.467. The minimum atomic E-state index is 0.460. The van der Waals surface area contributed by atoms with Gasteiger partial charge in [-0.3, -0.25) is 9.67 Å². The lowest BCUT2D eigenvalue weighted by Crippen LogP contribution is -2.33. The highest BCUT2D eigenvalue weighted by Gasteiger charge is 1.90. The van der Waals surface area contributed by atoms with Crippen LogP contribution < -0.4 is 11.1 Å². The standard InChI is InChI=1S/C7H13N5/c1-9-7(8)10-4-6-12-5-2-3-11-12/h2-3,5H,4,6H2,1H3,(H3,8,9,10). The molecule has 1 rings (SSSR count). The number of hydrogen-bond acceptors (Lipinski definition) is 2. The lowest BCUT2D eigenvalue weighted by Gasteiger charge is -2.03. The molecule has 66 valence electrons. The van der Waals surface area contributed by atoms with Gasteiger partial charge in [0, 0.05) is 26.0 Å². The van der Waals surface area contributed by atoms with E-state index in [1.54, 1.807) is 13.2 Å². The number of rotatable bonds is 3. The maximum atomic E-state index is 5.42. The van der Waals surface area contributed by atoms with Gasteiger partial charge in [-0.25, -0.2) is 0 Å². The van der Waals surface area contributed by atoms with Gasteiger partial charge in [-0.2, -0.15) is 5.10 Å². The first-order chi connectivity index (χ1) is 5.83. The van der Waals surface area contributed by atoms with Gasteiger partial charge in [-0.05, 0) is 6.07 Å². The van der Waals surface area contributed by atoms with Crippen LogP contribution in [0.3, 0.4) is 0 Å². The first-order valence-electron chi connectivity index (χ1n) is 3.76. The maximum absolute atomic E-state index is 5.42. The number of hydrogen-bond donors (Lipinski definition) is 2. The van der Waals surface area contributed by atoms with Crippen LogP contribution in [0.5, 0.6) is 0 Å². The molecule has 0 fully saturated rings. The molecule has 1 aromatic rings. The van der Waals surface area contributed by atoms with Crippen LogP contribution in [0, 0.1) is 0 Å². The topological polar surface area (TPSA) is 68.2 Å². The molecule has 0 aliphatic carbocycles. The van der Waals surface area contributed by atoms with Gasteiger partial charge in [-0.1, -0.05) is 0 Å². The van der Waals surface area contributed by atoms with E-state index in [2.05, 4.69) is 15.4 Å². The molecule has 3 N–H and O–H groups in total. The van der Waals surface area contributed by atoms with Gasteiger partial charge in [0.2, 0.25) is 0 Å². The van der Waals surface area contributed by atoms with Crippen molar-refractivity contribution in [2.45, 2.75) is 6.54 Å². The van der Waals surface area contributed by atoms with E-state index in [1.807, 2.05) is 16.9 Å². The summed E-state index contributed by atoms with van der Waals surface area (Å²) in [6.45, 7) is 1.54. The highest BCUT2D eigenvalue weighted by molar-refractivity contribution is 5.77. The summed E-state index contributed by atoms with van der Waals surface area (Å²) >= 11 is 0. The molecule has 5 nitrogen and oxygen atoms in total. The van der Waals surface area contributed by atoms with Crippen LogP contribution in [0.1, 0.15) is 0 Å². The summed E-state index contributed by atoms with van der Waals surface area (Å²) in [6, 6.07) is 1.89. The molecule has 0 aromatic carbocycles. The first kappa shape index (κ1) is 8.58. The minimum Gasteiger partial charge on any atom is -0.370 e.